The molecule has 0 atom stereocenters. The lowest BCUT2D eigenvalue weighted by atomic mass is 10.1. The summed E-state index contributed by atoms with van der Waals surface area (Å²) < 4.78 is 40.9. The number of hydrogen-bond donors (Lipinski definition) is 2. The zero-order valence-corrected chi connectivity index (χ0v) is 16.3. The molecule has 2 N–H and O–H groups in total. The summed E-state index contributed by atoms with van der Waals surface area (Å²) in [5, 5.41) is 5.65. The number of hydrogen-bond acceptors (Lipinski definition) is 5. The molecule has 1 aromatic carbocycles. The molecule has 0 radical (unpaired) electrons. The number of carbonyl (C=O) groups excluding carboxylic acids is 1. The van der Waals surface area contributed by atoms with E-state index in [1.165, 1.54) is 6.92 Å². The molecule has 0 saturated carbocycles. The number of imidazole rings is 1. The molecule has 10 heteroatoms. The first-order valence-electron chi connectivity index (χ1n) is 9.26. The fourth-order valence-corrected chi connectivity index (χ4v) is 3.06. The van der Waals surface area contributed by atoms with E-state index in [-0.39, 0.29) is 17.8 Å². The number of amides is 1. The topological polar surface area (TPSA) is 84.2 Å². The first-order valence-corrected chi connectivity index (χ1v) is 9.26. The average molecular weight is 426 g/mol. The molecule has 3 aromatic heterocycles. The lowest BCUT2D eigenvalue weighted by Crippen LogP contribution is -2.17. The summed E-state index contributed by atoms with van der Waals surface area (Å²) in [5.74, 6) is 0.164. The number of nitrogens with zero attached hydrogens (tertiary/aromatic N) is 4. The predicted molar refractivity (Wildman–Crippen MR) is 109 cm³/mol. The van der Waals surface area contributed by atoms with Crippen molar-refractivity contribution in [3.05, 3.63) is 78.0 Å². The molecule has 0 bridgehead atoms. The van der Waals surface area contributed by atoms with Crippen molar-refractivity contribution in [2.75, 3.05) is 10.6 Å². The minimum absolute atomic E-state index is 0.00152. The molecule has 0 unspecified atom stereocenters. The maximum atomic E-state index is 13.0. The summed E-state index contributed by atoms with van der Waals surface area (Å²) in [6.07, 6.45) is 3.35. The second-order valence-electron chi connectivity index (χ2n) is 6.88. The van der Waals surface area contributed by atoms with Crippen LogP contribution >= 0.6 is 0 Å². The molecule has 0 spiro atoms. The van der Waals surface area contributed by atoms with E-state index in [2.05, 4.69) is 25.6 Å². The van der Waals surface area contributed by atoms with Crippen molar-refractivity contribution in [1.29, 1.82) is 0 Å². The molecule has 0 saturated heterocycles. The first-order chi connectivity index (χ1) is 14.8. The largest absolute Gasteiger partial charge is 0.416 e. The van der Waals surface area contributed by atoms with Crippen molar-refractivity contribution in [2.24, 2.45) is 0 Å². The van der Waals surface area contributed by atoms with Gasteiger partial charge in [-0.3, -0.25) is 14.2 Å². The molecular formula is C21H17F3N6O. The Morgan fingerprint density at radius 1 is 1.10 bits per heavy atom. The van der Waals surface area contributed by atoms with Gasteiger partial charge in [0.15, 0.2) is 5.65 Å². The Morgan fingerprint density at radius 2 is 1.87 bits per heavy atom. The molecule has 3 heterocycles. The van der Waals surface area contributed by atoms with Crippen molar-refractivity contribution in [3.8, 4) is 0 Å². The van der Waals surface area contributed by atoms with Crippen molar-refractivity contribution >= 4 is 28.9 Å². The Morgan fingerprint density at radius 3 is 2.61 bits per heavy atom. The summed E-state index contributed by atoms with van der Waals surface area (Å²) in [5.41, 5.74) is 1.37. The second kappa shape index (κ2) is 8.05. The van der Waals surface area contributed by atoms with Crippen LogP contribution in [0.15, 0.2) is 61.3 Å². The van der Waals surface area contributed by atoms with Gasteiger partial charge in [0.1, 0.15) is 11.6 Å². The van der Waals surface area contributed by atoms with Crippen LogP contribution in [0.1, 0.15) is 16.7 Å². The average Bonchev–Trinajstić information content (AvgIpc) is 3.13. The van der Waals surface area contributed by atoms with Crippen LogP contribution in [-0.4, -0.2) is 25.3 Å². The third kappa shape index (κ3) is 4.63. The zero-order chi connectivity index (χ0) is 22.0. The maximum absolute atomic E-state index is 13.0. The molecule has 158 valence electrons. The third-order valence-corrected chi connectivity index (χ3v) is 4.58. The Labute approximate surface area is 175 Å². The number of alkyl halides is 3. The number of carbonyl (C=O) groups is 1. The second-order valence-corrected chi connectivity index (χ2v) is 6.88. The number of aromatic nitrogens is 4. The van der Waals surface area contributed by atoms with E-state index in [1.807, 2.05) is 4.40 Å². The highest BCUT2D eigenvalue weighted by Gasteiger charge is 2.33. The van der Waals surface area contributed by atoms with Gasteiger partial charge >= 0.3 is 6.18 Å². The molecule has 1 amide bonds. The standard InChI is InChI=1S/C21H17F3N6O/c1-13-10-26-17(9-16(13)21(22,23)24)29-20(31)8-14-2-4-15(5-3-14)28-19-12-27-18-11-25-6-7-30(18)19/h2-7,9-12,28H,8H2,1H3,(H,26,29,31). The highest BCUT2D eigenvalue weighted by atomic mass is 19.4. The minimum Gasteiger partial charge on any atom is -0.340 e. The van der Waals surface area contributed by atoms with Crippen molar-refractivity contribution in [1.82, 2.24) is 19.4 Å². The number of halogens is 3. The van der Waals surface area contributed by atoms with Crippen molar-refractivity contribution in [3.63, 3.8) is 0 Å². The van der Waals surface area contributed by atoms with E-state index in [1.54, 1.807) is 49.1 Å². The van der Waals surface area contributed by atoms with Crippen LogP contribution in [0.4, 0.5) is 30.5 Å². The third-order valence-electron chi connectivity index (χ3n) is 4.58. The van der Waals surface area contributed by atoms with Gasteiger partial charge < -0.3 is 10.6 Å². The van der Waals surface area contributed by atoms with Crippen LogP contribution < -0.4 is 10.6 Å². The van der Waals surface area contributed by atoms with Gasteiger partial charge in [-0.2, -0.15) is 13.2 Å². The van der Waals surface area contributed by atoms with Gasteiger partial charge in [0.2, 0.25) is 5.91 Å². The summed E-state index contributed by atoms with van der Waals surface area (Å²) in [7, 11) is 0. The maximum Gasteiger partial charge on any atom is 0.416 e. The quantitative estimate of drug-likeness (QED) is 0.495. The van der Waals surface area contributed by atoms with E-state index < -0.39 is 17.6 Å². The van der Waals surface area contributed by atoms with Gasteiger partial charge in [-0.05, 0) is 36.2 Å². The van der Waals surface area contributed by atoms with Gasteiger partial charge in [0, 0.05) is 24.3 Å². The lowest BCUT2D eigenvalue weighted by molar-refractivity contribution is -0.138. The van der Waals surface area contributed by atoms with Crippen molar-refractivity contribution in [2.45, 2.75) is 19.5 Å². The highest BCUT2D eigenvalue weighted by Crippen LogP contribution is 2.32. The van der Waals surface area contributed by atoms with Crippen LogP contribution in [0.3, 0.4) is 0 Å². The van der Waals surface area contributed by atoms with E-state index >= 15 is 0 Å². The molecule has 0 aliphatic rings. The first kappa shape index (κ1) is 20.3. The smallest absolute Gasteiger partial charge is 0.340 e. The normalized spacial score (nSPS) is 11.5. The van der Waals surface area contributed by atoms with Crippen LogP contribution in [0.25, 0.3) is 5.65 Å². The number of fused-ring (bicyclic) bond motifs is 1. The van der Waals surface area contributed by atoms with Gasteiger partial charge in [0.25, 0.3) is 0 Å². The summed E-state index contributed by atoms with van der Waals surface area (Å²) in [6.45, 7) is 1.32. The fourth-order valence-electron chi connectivity index (χ4n) is 3.06. The monoisotopic (exact) mass is 426 g/mol. The Balaban J connectivity index is 1.40. The predicted octanol–water partition coefficient (Wildman–Crippen LogP) is 4.38. The number of rotatable bonds is 5. The van der Waals surface area contributed by atoms with Gasteiger partial charge in [-0.25, -0.2) is 9.97 Å². The SMILES string of the molecule is Cc1cnc(NC(=O)Cc2ccc(Nc3cnc4cnccn34)cc2)cc1C(F)(F)F. The Hall–Kier alpha value is -3.95. The van der Waals surface area contributed by atoms with E-state index in [9.17, 15) is 18.0 Å². The van der Waals surface area contributed by atoms with Gasteiger partial charge in [0.05, 0.1) is 24.4 Å². The zero-order valence-electron chi connectivity index (χ0n) is 16.3. The summed E-state index contributed by atoms with van der Waals surface area (Å²) in [4.78, 5) is 24.4. The summed E-state index contributed by atoms with van der Waals surface area (Å²) in [6, 6.07) is 7.96. The Kier molecular flexibility index (Phi) is 5.28. The summed E-state index contributed by atoms with van der Waals surface area (Å²) >= 11 is 0. The number of pyridine rings is 1. The van der Waals surface area contributed by atoms with E-state index in [0.717, 1.165) is 23.8 Å². The van der Waals surface area contributed by atoms with Crippen molar-refractivity contribution < 1.29 is 18.0 Å². The number of nitrogens with one attached hydrogen (secondary N) is 2. The lowest BCUT2D eigenvalue weighted by Gasteiger charge is -2.12. The van der Waals surface area contributed by atoms with Gasteiger partial charge in [-0.1, -0.05) is 12.1 Å². The van der Waals surface area contributed by atoms with Gasteiger partial charge in [-0.15, -0.1) is 0 Å². The molecule has 7 nitrogen and oxygen atoms in total. The van der Waals surface area contributed by atoms with E-state index in [0.29, 0.717) is 11.2 Å². The number of benzene rings is 1. The number of anilines is 3. The fraction of sp³-hybridized carbons (Fsp3) is 0.143. The minimum atomic E-state index is -4.51. The Bertz CT molecular complexity index is 1230. The molecule has 0 aliphatic heterocycles. The van der Waals surface area contributed by atoms with Crippen LogP contribution in [-0.2, 0) is 17.4 Å². The molecular weight excluding hydrogens is 409 g/mol. The van der Waals surface area contributed by atoms with Crippen LogP contribution in [0.2, 0.25) is 0 Å². The molecule has 0 aliphatic carbocycles. The molecule has 0 fully saturated rings. The molecule has 4 aromatic rings. The van der Waals surface area contributed by atoms with Crippen LogP contribution in [0.5, 0.6) is 0 Å². The van der Waals surface area contributed by atoms with E-state index in [4.69, 9.17) is 0 Å². The van der Waals surface area contributed by atoms with Crippen LogP contribution in [0, 0.1) is 6.92 Å². The number of aryl methyl sites for hydroxylation is 1. The molecule has 4 rings (SSSR count). The molecule has 31 heavy (non-hydrogen) atoms. The highest BCUT2D eigenvalue weighted by molar-refractivity contribution is 5.91.